The van der Waals surface area contributed by atoms with Crippen molar-refractivity contribution in [1.82, 2.24) is 9.88 Å². The predicted octanol–water partition coefficient (Wildman–Crippen LogP) is 2.86. The smallest absolute Gasteiger partial charge is 0.133 e. The average Bonchev–Trinajstić information content (AvgIpc) is 3.02. The molecule has 2 saturated heterocycles. The average molecular weight is 289 g/mol. The fourth-order valence-corrected chi connectivity index (χ4v) is 3.52. The molecule has 1 aromatic rings. The van der Waals surface area contributed by atoms with E-state index in [0.29, 0.717) is 6.04 Å². The van der Waals surface area contributed by atoms with Crippen molar-refractivity contribution < 1.29 is 4.74 Å². The van der Waals surface area contributed by atoms with Crippen molar-refractivity contribution >= 4 is 5.82 Å². The minimum atomic E-state index is 0.558. The summed E-state index contributed by atoms with van der Waals surface area (Å²) in [6, 6.07) is 4.94. The Balaban J connectivity index is 1.80. The van der Waals surface area contributed by atoms with Gasteiger partial charge in [0.15, 0.2) is 0 Å². The first-order valence-electron chi connectivity index (χ1n) is 8.42. The SMILES string of the molecule is CCCCN1CCCC1c1cccnc1N1CCOCC1. The van der Waals surface area contributed by atoms with Gasteiger partial charge in [0.25, 0.3) is 0 Å². The van der Waals surface area contributed by atoms with Gasteiger partial charge in [-0.15, -0.1) is 0 Å². The highest BCUT2D eigenvalue weighted by atomic mass is 16.5. The van der Waals surface area contributed by atoms with E-state index in [1.807, 2.05) is 6.20 Å². The van der Waals surface area contributed by atoms with Crippen LogP contribution in [0.4, 0.5) is 5.82 Å². The van der Waals surface area contributed by atoms with Gasteiger partial charge < -0.3 is 9.64 Å². The molecule has 2 aliphatic rings. The molecule has 4 nitrogen and oxygen atoms in total. The standard InChI is InChI=1S/C17H27N3O/c1-2-3-9-19-10-5-7-16(19)15-6-4-8-18-17(15)20-11-13-21-14-12-20/h4,6,8,16H,2-3,5,7,9-14H2,1H3. The van der Waals surface area contributed by atoms with Crippen LogP contribution in [0, 0.1) is 0 Å². The van der Waals surface area contributed by atoms with Crippen molar-refractivity contribution in [3.63, 3.8) is 0 Å². The van der Waals surface area contributed by atoms with Crippen LogP contribution in [-0.2, 0) is 4.74 Å². The molecule has 21 heavy (non-hydrogen) atoms. The topological polar surface area (TPSA) is 28.6 Å². The van der Waals surface area contributed by atoms with Gasteiger partial charge >= 0.3 is 0 Å². The molecule has 0 radical (unpaired) electrons. The fraction of sp³-hybridized carbons (Fsp3) is 0.706. The molecule has 0 saturated carbocycles. The second-order valence-corrected chi connectivity index (χ2v) is 6.06. The van der Waals surface area contributed by atoms with E-state index in [-0.39, 0.29) is 0 Å². The summed E-state index contributed by atoms with van der Waals surface area (Å²) in [4.78, 5) is 9.76. The lowest BCUT2D eigenvalue weighted by atomic mass is 10.0. The van der Waals surface area contributed by atoms with Crippen LogP contribution in [-0.4, -0.2) is 49.3 Å². The first kappa shape index (κ1) is 14.8. The molecule has 2 aliphatic heterocycles. The van der Waals surface area contributed by atoms with E-state index < -0.39 is 0 Å². The summed E-state index contributed by atoms with van der Waals surface area (Å²) < 4.78 is 5.48. The first-order chi connectivity index (χ1) is 10.4. The molecule has 2 fully saturated rings. The van der Waals surface area contributed by atoms with Crippen LogP contribution in [0.15, 0.2) is 18.3 Å². The lowest BCUT2D eigenvalue weighted by Crippen LogP contribution is -2.38. The van der Waals surface area contributed by atoms with E-state index in [1.54, 1.807) is 0 Å². The maximum atomic E-state index is 5.48. The lowest BCUT2D eigenvalue weighted by Gasteiger charge is -2.32. The molecule has 3 heterocycles. The zero-order chi connectivity index (χ0) is 14.5. The van der Waals surface area contributed by atoms with Crippen molar-refractivity contribution in [3.8, 4) is 0 Å². The predicted molar refractivity (Wildman–Crippen MR) is 85.7 cm³/mol. The second-order valence-electron chi connectivity index (χ2n) is 6.06. The summed E-state index contributed by atoms with van der Waals surface area (Å²) in [6.07, 6.45) is 7.08. The molecule has 0 bridgehead atoms. The molecule has 0 amide bonds. The van der Waals surface area contributed by atoms with Gasteiger partial charge in [0, 0.05) is 30.9 Å². The van der Waals surface area contributed by atoms with Gasteiger partial charge in [-0.1, -0.05) is 19.4 Å². The highest BCUT2D eigenvalue weighted by Crippen LogP contribution is 2.36. The molecular formula is C17H27N3O. The first-order valence-corrected chi connectivity index (χ1v) is 8.42. The van der Waals surface area contributed by atoms with E-state index in [2.05, 4.69) is 28.9 Å². The third kappa shape index (κ3) is 3.38. The molecule has 0 aromatic carbocycles. The van der Waals surface area contributed by atoms with Crippen LogP contribution in [0.5, 0.6) is 0 Å². The third-order valence-electron chi connectivity index (χ3n) is 4.65. The van der Waals surface area contributed by atoms with Crippen molar-refractivity contribution in [2.75, 3.05) is 44.3 Å². The van der Waals surface area contributed by atoms with Crippen LogP contribution in [0.25, 0.3) is 0 Å². The van der Waals surface area contributed by atoms with Gasteiger partial charge in [-0.05, 0) is 38.4 Å². The number of nitrogens with zero attached hydrogens (tertiary/aromatic N) is 3. The monoisotopic (exact) mass is 289 g/mol. The Morgan fingerprint density at radius 2 is 2.14 bits per heavy atom. The van der Waals surface area contributed by atoms with Crippen LogP contribution in [0.3, 0.4) is 0 Å². The van der Waals surface area contributed by atoms with E-state index >= 15 is 0 Å². The summed E-state index contributed by atoms with van der Waals surface area (Å²) >= 11 is 0. The molecule has 0 spiro atoms. The number of morpholine rings is 1. The maximum Gasteiger partial charge on any atom is 0.133 e. The van der Waals surface area contributed by atoms with Crippen molar-refractivity contribution in [3.05, 3.63) is 23.9 Å². The zero-order valence-corrected chi connectivity index (χ0v) is 13.1. The maximum absolute atomic E-state index is 5.48. The minimum absolute atomic E-state index is 0.558. The molecule has 1 unspecified atom stereocenters. The molecule has 0 aliphatic carbocycles. The molecule has 116 valence electrons. The van der Waals surface area contributed by atoms with E-state index in [0.717, 1.165) is 26.3 Å². The molecule has 1 aromatic heterocycles. The van der Waals surface area contributed by atoms with E-state index in [9.17, 15) is 0 Å². The van der Waals surface area contributed by atoms with Gasteiger partial charge in [-0.25, -0.2) is 4.98 Å². The normalized spacial score (nSPS) is 23.7. The van der Waals surface area contributed by atoms with Gasteiger partial charge in [-0.3, -0.25) is 4.90 Å². The Labute approximate surface area is 128 Å². The highest BCUT2D eigenvalue weighted by Gasteiger charge is 2.29. The zero-order valence-electron chi connectivity index (χ0n) is 13.1. The molecule has 3 rings (SSSR count). The summed E-state index contributed by atoms with van der Waals surface area (Å²) in [5, 5.41) is 0. The molecular weight excluding hydrogens is 262 g/mol. The number of aromatic nitrogens is 1. The molecule has 1 atom stereocenters. The minimum Gasteiger partial charge on any atom is -0.378 e. The van der Waals surface area contributed by atoms with Crippen molar-refractivity contribution in [2.24, 2.45) is 0 Å². The largest absolute Gasteiger partial charge is 0.378 e. The van der Waals surface area contributed by atoms with E-state index in [4.69, 9.17) is 9.72 Å². The summed E-state index contributed by atoms with van der Waals surface area (Å²) in [7, 11) is 0. The lowest BCUT2D eigenvalue weighted by molar-refractivity contribution is 0.122. The van der Waals surface area contributed by atoms with Gasteiger partial charge in [0.05, 0.1) is 13.2 Å². The Kier molecular flexibility index (Phi) is 5.09. The van der Waals surface area contributed by atoms with Crippen LogP contribution in [0.2, 0.25) is 0 Å². The molecule has 4 heteroatoms. The number of unbranched alkanes of at least 4 members (excludes halogenated alkanes) is 1. The van der Waals surface area contributed by atoms with E-state index in [1.165, 1.54) is 50.2 Å². The third-order valence-corrected chi connectivity index (χ3v) is 4.65. The van der Waals surface area contributed by atoms with Crippen LogP contribution >= 0.6 is 0 Å². The van der Waals surface area contributed by atoms with Crippen LogP contribution < -0.4 is 4.90 Å². The van der Waals surface area contributed by atoms with Gasteiger partial charge in [0.1, 0.15) is 5.82 Å². The number of anilines is 1. The Bertz CT molecular complexity index is 445. The summed E-state index contributed by atoms with van der Waals surface area (Å²) in [5.74, 6) is 1.19. The quantitative estimate of drug-likeness (QED) is 0.833. The Hall–Kier alpha value is -1.13. The fourth-order valence-electron chi connectivity index (χ4n) is 3.52. The number of likely N-dealkylation sites (tertiary alicyclic amines) is 1. The number of pyridine rings is 1. The summed E-state index contributed by atoms with van der Waals surface area (Å²) in [5.41, 5.74) is 1.42. The van der Waals surface area contributed by atoms with Crippen LogP contribution in [0.1, 0.15) is 44.2 Å². The number of hydrogen-bond donors (Lipinski definition) is 0. The second kappa shape index (κ2) is 7.23. The molecule has 0 N–H and O–H groups in total. The van der Waals surface area contributed by atoms with Gasteiger partial charge in [0.2, 0.25) is 0 Å². The van der Waals surface area contributed by atoms with Crippen molar-refractivity contribution in [1.29, 1.82) is 0 Å². The number of ether oxygens (including phenoxy) is 1. The van der Waals surface area contributed by atoms with Crippen molar-refractivity contribution in [2.45, 2.75) is 38.6 Å². The van der Waals surface area contributed by atoms with Gasteiger partial charge in [-0.2, -0.15) is 0 Å². The Morgan fingerprint density at radius 1 is 1.29 bits per heavy atom. The summed E-state index contributed by atoms with van der Waals surface area (Å²) in [6.45, 7) is 8.30. The number of hydrogen-bond acceptors (Lipinski definition) is 4. The number of rotatable bonds is 5. The highest BCUT2D eigenvalue weighted by molar-refractivity contribution is 5.49. The Morgan fingerprint density at radius 3 is 2.95 bits per heavy atom.